The van der Waals surface area contributed by atoms with Crippen LogP contribution in [0.3, 0.4) is 0 Å². The molecule has 7 nitrogen and oxygen atoms in total. The Morgan fingerprint density at radius 1 is 0.860 bits per heavy atom. The molecule has 0 unspecified atom stereocenters. The van der Waals surface area contributed by atoms with Crippen molar-refractivity contribution in [1.29, 1.82) is 0 Å². The van der Waals surface area contributed by atoms with Crippen LogP contribution in [-0.4, -0.2) is 42.6 Å². The van der Waals surface area contributed by atoms with Gasteiger partial charge in [-0.15, -0.1) is 0 Å². The fraction of sp³-hybridized carbons (Fsp3) is 0.194. The van der Waals surface area contributed by atoms with Crippen LogP contribution in [0, 0.1) is 12.8 Å². The van der Waals surface area contributed by atoms with Gasteiger partial charge in [-0.05, 0) is 54.0 Å². The number of aryl methyl sites for hydroxylation is 1. The second kappa shape index (κ2) is 9.98. The summed E-state index contributed by atoms with van der Waals surface area (Å²) in [4.78, 5) is 46.4. The second-order valence-corrected chi connectivity index (χ2v) is 11.2. The van der Waals surface area contributed by atoms with Crippen LogP contribution in [0.1, 0.15) is 49.0 Å². The lowest BCUT2D eigenvalue weighted by Gasteiger charge is -2.38. The third-order valence-electron chi connectivity index (χ3n) is 9.13. The van der Waals surface area contributed by atoms with Gasteiger partial charge in [0.1, 0.15) is 23.0 Å². The lowest BCUT2D eigenvalue weighted by Crippen LogP contribution is -2.49. The van der Waals surface area contributed by atoms with Crippen molar-refractivity contribution in [2.24, 2.45) is 5.92 Å². The summed E-state index contributed by atoms with van der Waals surface area (Å²) >= 11 is 0. The van der Waals surface area contributed by atoms with Gasteiger partial charge in [0.15, 0.2) is 11.6 Å². The molecular formula is C36H30N2O5. The molecule has 0 saturated carbocycles. The Balaban J connectivity index is 1.55. The first-order chi connectivity index (χ1) is 20.9. The number of hydrogen-bond acceptors (Lipinski definition) is 6. The Morgan fingerprint density at radius 3 is 2.37 bits per heavy atom. The van der Waals surface area contributed by atoms with Gasteiger partial charge < -0.3 is 19.7 Å². The predicted molar refractivity (Wildman–Crippen MR) is 163 cm³/mol. The molecule has 1 saturated heterocycles. The molecule has 0 bridgehead atoms. The van der Waals surface area contributed by atoms with Crippen LogP contribution >= 0.6 is 0 Å². The molecule has 1 N–H and O–H groups in total. The van der Waals surface area contributed by atoms with E-state index in [0.717, 1.165) is 16.7 Å². The van der Waals surface area contributed by atoms with E-state index in [-0.39, 0.29) is 23.0 Å². The summed E-state index contributed by atoms with van der Waals surface area (Å²) in [5.74, 6) is -1.21. The van der Waals surface area contributed by atoms with Crippen LogP contribution in [0.2, 0.25) is 0 Å². The van der Waals surface area contributed by atoms with Gasteiger partial charge in [0.25, 0.3) is 0 Å². The van der Waals surface area contributed by atoms with Crippen molar-refractivity contribution in [2.45, 2.75) is 24.4 Å². The molecule has 43 heavy (non-hydrogen) atoms. The van der Waals surface area contributed by atoms with Crippen LogP contribution in [0.4, 0.5) is 5.69 Å². The van der Waals surface area contributed by atoms with E-state index in [9.17, 15) is 9.59 Å². The first-order valence-corrected chi connectivity index (χ1v) is 14.2. The second-order valence-electron chi connectivity index (χ2n) is 11.2. The molecular weight excluding hydrogens is 540 g/mol. The number of para-hydroxylation sites is 1. The van der Waals surface area contributed by atoms with E-state index in [1.54, 1.807) is 30.3 Å². The molecule has 3 heterocycles. The average molecular weight is 571 g/mol. The number of anilines is 1. The van der Waals surface area contributed by atoms with Gasteiger partial charge in [-0.1, -0.05) is 72.3 Å². The number of carbonyl (C=O) groups is 3. The number of ether oxygens (including phenoxy) is 2. The number of benzene rings is 4. The van der Waals surface area contributed by atoms with Crippen molar-refractivity contribution in [3.8, 4) is 11.5 Å². The number of nitrogens with one attached hydrogen (secondary N) is 1. The number of ketones is 2. The van der Waals surface area contributed by atoms with Gasteiger partial charge in [-0.2, -0.15) is 0 Å². The topological polar surface area (TPSA) is 84.9 Å². The summed E-state index contributed by atoms with van der Waals surface area (Å²) in [7, 11) is 3.03. The Kier molecular flexibility index (Phi) is 6.20. The highest BCUT2D eigenvalue weighted by molar-refractivity contribution is 6.17. The molecule has 4 atom stereocenters. The van der Waals surface area contributed by atoms with Crippen molar-refractivity contribution in [3.05, 3.63) is 131 Å². The Morgan fingerprint density at radius 2 is 1.60 bits per heavy atom. The molecule has 7 rings (SSSR count). The summed E-state index contributed by atoms with van der Waals surface area (Å²) in [6, 6.07) is 26.1. The maximum absolute atomic E-state index is 15.1. The number of methoxy groups -OCH3 is 2. The van der Waals surface area contributed by atoms with E-state index in [0.29, 0.717) is 28.3 Å². The summed E-state index contributed by atoms with van der Waals surface area (Å²) in [6.07, 6.45) is 3.82. The SMILES string of the molecule is COc1ccc(OC)c(C(=O)[C@H]2[C@@H](C(=O)c3ccc(C)cc3)N3C=Cc4ccccc4[C@@H]3[C@@]23C(=O)Nc2ccccc23)c1. The minimum atomic E-state index is -1.42. The summed E-state index contributed by atoms with van der Waals surface area (Å²) in [6.45, 7) is 1.96. The number of carbonyl (C=O) groups excluding carboxylic acids is 3. The molecule has 1 amide bonds. The smallest absolute Gasteiger partial charge is 0.238 e. The molecule has 0 aromatic heterocycles. The zero-order chi connectivity index (χ0) is 29.9. The molecule has 3 aliphatic heterocycles. The predicted octanol–water partition coefficient (Wildman–Crippen LogP) is 5.99. The first-order valence-electron chi connectivity index (χ1n) is 14.2. The van der Waals surface area contributed by atoms with Crippen LogP contribution in [-0.2, 0) is 10.2 Å². The third-order valence-corrected chi connectivity index (χ3v) is 9.13. The molecule has 1 fully saturated rings. The lowest BCUT2D eigenvalue weighted by molar-refractivity contribution is -0.122. The van der Waals surface area contributed by atoms with E-state index < -0.39 is 23.4 Å². The van der Waals surface area contributed by atoms with Crippen molar-refractivity contribution in [1.82, 2.24) is 4.90 Å². The van der Waals surface area contributed by atoms with E-state index in [4.69, 9.17) is 9.47 Å². The van der Waals surface area contributed by atoms with Crippen LogP contribution in [0.25, 0.3) is 6.08 Å². The molecule has 3 aliphatic rings. The molecule has 4 aromatic rings. The lowest BCUT2D eigenvalue weighted by atomic mass is 9.62. The average Bonchev–Trinajstić information content (AvgIpc) is 3.52. The van der Waals surface area contributed by atoms with Gasteiger partial charge in [0.2, 0.25) is 5.91 Å². The normalized spacial score (nSPS) is 22.9. The minimum Gasteiger partial charge on any atom is -0.497 e. The highest BCUT2D eigenvalue weighted by Crippen LogP contribution is 2.62. The van der Waals surface area contributed by atoms with E-state index in [1.807, 2.05) is 84.8 Å². The maximum atomic E-state index is 15.1. The van der Waals surface area contributed by atoms with Crippen LogP contribution in [0.5, 0.6) is 11.5 Å². The summed E-state index contributed by atoms with van der Waals surface area (Å²) in [5, 5.41) is 3.08. The van der Waals surface area contributed by atoms with Gasteiger partial charge >= 0.3 is 0 Å². The number of hydrogen-bond donors (Lipinski definition) is 1. The van der Waals surface area contributed by atoms with Crippen molar-refractivity contribution in [3.63, 3.8) is 0 Å². The first kappa shape index (κ1) is 26.7. The zero-order valence-corrected chi connectivity index (χ0v) is 24.0. The quantitative estimate of drug-likeness (QED) is 0.287. The van der Waals surface area contributed by atoms with Gasteiger partial charge in [0, 0.05) is 17.5 Å². The van der Waals surface area contributed by atoms with Crippen molar-refractivity contribution in [2.75, 3.05) is 19.5 Å². The monoisotopic (exact) mass is 570 g/mol. The number of nitrogens with zero attached hydrogens (tertiary/aromatic N) is 1. The number of amides is 1. The number of Topliss-reactive ketones (excluding diaryl/α,β-unsaturated/α-hetero) is 2. The third kappa shape index (κ3) is 3.77. The van der Waals surface area contributed by atoms with Gasteiger partial charge in [-0.3, -0.25) is 14.4 Å². The summed E-state index contributed by atoms with van der Waals surface area (Å²) in [5.41, 5.74) is 3.47. The van der Waals surface area contributed by atoms with E-state index >= 15 is 4.79 Å². The van der Waals surface area contributed by atoms with Gasteiger partial charge in [0.05, 0.1) is 31.7 Å². The van der Waals surface area contributed by atoms with Crippen LogP contribution in [0.15, 0.2) is 97.2 Å². The zero-order valence-electron chi connectivity index (χ0n) is 24.0. The fourth-order valence-electron chi connectivity index (χ4n) is 7.23. The van der Waals surface area contributed by atoms with Crippen LogP contribution < -0.4 is 14.8 Å². The Bertz CT molecular complexity index is 1830. The Labute approximate surface area is 249 Å². The molecule has 0 radical (unpaired) electrons. The Hall–Kier alpha value is -5.17. The fourth-order valence-corrected chi connectivity index (χ4v) is 7.23. The van der Waals surface area contributed by atoms with E-state index in [1.165, 1.54) is 14.2 Å². The molecule has 7 heteroatoms. The van der Waals surface area contributed by atoms with Crippen molar-refractivity contribution < 1.29 is 23.9 Å². The molecule has 0 aliphatic carbocycles. The largest absolute Gasteiger partial charge is 0.497 e. The highest BCUT2D eigenvalue weighted by atomic mass is 16.5. The molecule has 1 spiro atoms. The van der Waals surface area contributed by atoms with Crippen molar-refractivity contribution >= 4 is 29.2 Å². The standard InChI is InChI=1S/C36H30N2O5/c1-21-12-14-23(15-13-21)32(39)31-30(33(40)26-20-24(42-2)16-17-29(26)43-3)36(27-10-6-7-11-28(27)37-35(36)41)34-25-9-5-4-8-22(25)18-19-38(31)34/h4-20,30-31,34H,1-3H3,(H,37,41)/t30-,31+,34-,36+/m1/s1. The van der Waals surface area contributed by atoms with E-state index in [2.05, 4.69) is 5.32 Å². The molecule has 214 valence electrons. The molecule has 4 aromatic carbocycles. The summed E-state index contributed by atoms with van der Waals surface area (Å²) < 4.78 is 11.1. The number of fused-ring (bicyclic) bond motifs is 6. The highest BCUT2D eigenvalue weighted by Gasteiger charge is 2.70. The van der Waals surface area contributed by atoms with Gasteiger partial charge in [-0.25, -0.2) is 0 Å². The minimum absolute atomic E-state index is 0.233. The maximum Gasteiger partial charge on any atom is 0.238 e. The number of rotatable bonds is 6.